The Morgan fingerprint density at radius 1 is 1.20 bits per heavy atom. The minimum absolute atomic E-state index is 0.177. The molecule has 1 heterocycles. The van der Waals surface area contributed by atoms with Crippen molar-refractivity contribution in [1.82, 2.24) is 15.4 Å². The van der Waals surface area contributed by atoms with E-state index in [1.165, 1.54) is 18.0 Å². The molecule has 1 aromatic heterocycles. The molecule has 0 unspecified atom stereocenters. The van der Waals surface area contributed by atoms with Crippen LogP contribution >= 0.6 is 11.6 Å². The Bertz CT molecular complexity index is 570. The van der Waals surface area contributed by atoms with Crippen molar-refractivity contribution in [2.75, 3.05) is 11.9 Å². The fourth-order valence-electron chi connectivity index (χ4n) is 1.60. The number of aromatic nitrogens is 2. The number of carbonyl (C=O) groups excluding carboxylic acids is 1. The molecule has 104 valence electrons. The van der Waals surface area contributed by atoms with Gasteiger partial charge in [-0.2, -0.15) is 0 Å². The number of rotatable bonds is 5. The maximum absolute atomic E-state index is 11.2. The standard InChI is InChI=1S/C13H14ClN5O/c14-10-3-1-9(2-4-10)5-6-16-12-8-17-11(7-18-12)13(20)19-15/h1-4,7-8H,5-6,15H2,(H,16,18)(H,19,20). The predicted octanol–water partition coefficient (Wildman–Crippen LogP) is 1.39. The number of hydrazine groups is 1. The summed E-state index contributed by atoms with van der Waals surface area (Å²) in [7, 11) is 0. The summed E-state index contributed by atoms with van der Waals surface area (Å²) >= 11 is 5.82. The van der Waals surface area contributed by atoms with E-state index in [1.54, 1.807) is 0 Å². The number of carbonyl (C=O) groups is 1. The van der Waals surface area contributed by atoms with Gasteiger partial charge >= 0.3 is 0 Å². The zero-order chi connectivity index (χ0) is 14.4. The first-order valence-electron chi connectivity index (χ1n) is 6.00. The SMILES string of the molecule is NNC(=O)c1cnc(NCCc2ccc(Cl)cc2)cn1. The summed E-state index contributed by atoms with van der Waals surface area (Å²) in [6.07, 6.45) is 3.70. The summed E-state index contributed by atoms with van der Waals surface area (Å²) in [5.41, 5.74) is 3.35. The Kier molecular flexibility index (Phi) is 4.86. The summed E-state index contributed by atoms with van der Waals surface area (Å²) in [6.45, 7) is 0.707. The van der Waals surface area contributed by atoms with E-state index in [0.29, 0.717) is 12.4 Å². The summed E-state index contributed by atoms with van der Waals surface area (Å²) in [4.78, 5) is 19.2. The third kappa shape index (κ3) is 3.91. The smallest absolute Gasteiger partial charge is 0.285 e. The van der Waals surface area contributed by atoms with E-state index in [4.69, 9.17) is 17.4 Å². The van der Waals surface area contributed by atoms with Crippen molar-refractivity contribution in [3.05, 3.63) is 52.9 Å². The summed E-state index contributed by atoms with van der Waals surface area (Å²) in [6, 6.07) is 7.67. The summed E-state index contributed by atoms with van der Waals surface area (Å²) in [5, 5.41) is 3.85. The number of nitrogens with zero attached hydrogens (tertiary/aromatic N) is 2. The van der Waals surface area contributed by atoms with Gasteiger partial charge in [-0.05, 0) is 24.1 Å². The zero-order valence-electron chi connectivity index (χ0n) is 10.6. The molecule has 0 saturated heterocycles. The van der Waals surface area contributed by atoms with Gasteiger partial charge in [0.05, 0.1) is 12.4 Å². The van der Waals surface area contributed by atoms with Crippen molar-refractivity contribution in [1.29, 1.82) is 0 Å². The molecule has 0 aliphatic carbocycles. The van der Waals surface area contributed by atoms with Gasteiger partial charge in [0.1, 0.15) is 11.5 Å². The Hall–Kier alpha value is -2.18. The highest BCUT2D eigenvalue weighted by atomic mass is 35.5. The van der Waals surface area contributed by atoms with Crippen LogP contribution in [-0.4, -0.2) is 22.4 Å². The van der Waals surface area contributed by atoms with Crippen molar-refractivity contribution in [2.24, 2.45) is 5.84 Å². The van der Waals surface area contributed by atoms with Crippen molar-refractivity contribution in [3.8, 4) is 0 Å². The maximum atomic E-state index is 11.2. The molecule has 0 aliphatic rings. The van der Waals surface area contributed by atoms with Crippen molar-refractivity contribution < 1.29 is 4.79 Å². The fourth-order valence-corrected chi connectivity index (χ4v) is 1.72. The molecule has 6 nitrogen and oxygen atoms in total. The van der Waals surface area contributed by atoms with Crippen LogP contribution in [0.15, 0.2) is 36.7 Å². The number of hydrogen-bond acceptors (Lipinski definition) is 5. The van der Waals surface area contributed by atoms with Crippen LogP contribution < -0.4 is 16.6 Å². The van der Waals surface area contributed by atoms with Crippen LogP contribution in [0.2, 0.25) is 5.02 Å². The van der Waals surface area contributed by atoms with Gasteiger partial charge in [0.25, 0.3) is 5.91 Å². The molecule has 0 saturated carbocycles. The molecule has 7 heteroatoms. The lowest BCUT2D eigenvalue weighted by molar-refractivity contribution is 0.0948. The molecule has 0 spiro atoms. The molecule has 0 bridgehead atoms. The van der Waals surface area contributed by atoms with Gasteiger partial charge in [0.15, 0.2) is 0 Å². The van der Waals surface area contributed by atoms with E-state index in [1.807, 2.05) is 29.7 Å². The minimum atomic E-state index is -0.467. The molecule has 0 atom stereocenters. The highest BCUT2D eigenvalue weighted by Gasteiger charge is 2.05. The third-order valence-corrected chi connectivity index (χ3v) is 2.90. The second kappa shape index (κ2) is 6.83. The van der Waals surface area contributed by atoms with Gasteiger partial charge in [-0.3, -0.25) is 10.2 Å². The average Bonchev–Trinajstić information content (AvgIpc) is 2.49. The van der Waals surface area contributed by atoms with E-state index >= 15 is 0 Å². The molecule has 2 rings (SSSR count). The van der Waals surface area contributed by atoms with Crippen molar-refractivity contribution >= 4 is 23.3 Å². The lowest BCUT2D eigenvalue weighted by atomic mass is 10.1. The molecule has 0 aliphatic heterocycles. The van der Waals surface area contributed by atoms with Crippen LogP contribution in [0, 0.1) is 0 Å². The lowest BCUT2D eigenvalue weighted by Gasteiger charge is -2.06. The normalized spacial score (nSPS) is 10.1. The number of anilines is 1. The molecule has 20 heavy (non-hydrogen) atoms. The number of amides is 1. The largest absolute Gasteiger partial charge is 0.368 e. The first kappa shape index (κ1) is 14.2. The van der Waals surface area contributed by atoms with E-state index in [0.717, 1.165) is 11.4 Å². The molecule has 0 radical (unpaired) electrons. The second-order valence-corrected chi connectivity index (χ2v) is 4.50. The number of halogens is 1. The second-order valence-electron chi connectivity index (χ2n) is 4.06. The van der Waals surface area contributed by atoms with E-state index in [-0.39, 0.29) is 5.69 Å². The number of nitrogens with one attached hydrogen (secondary N) is 2. The van der Waals surface area contributed by atoms with Crippen molar-refractivity contribution in [2.45, 2.75) is 6.42 Å². The fraction of sp³-hybridized carbons (Fsp3) is 0.154. The number of nitrogen functional groups attached to an aromatic ring is 1. The molecular weight excluding hydrogens is 278 g/mol. The van der Waals surface area contributed by atoms with Gasteiger partial charge in [0.2, 0.25) is 0 Å². The van der Waals surface area contributed by atoms with Gasteiger partial charge < -0.3 is 5.32 Å². The predicted molar refractivity (Wildman–Crippen MR) is 77.3 cm³/mol. The molecule has 0 fully saturated rings. The Balaban J connectivity index is 1.85. The Morgan fingerprint density at radius 2 is 1.95 bits per heavy atom. The van der Waals surface area contributed by atoms with E-state index in [2.05, 4.69) is 15.3 Å². The monoisotopic (exact) mass is 291 g/mol. The van der Waals surface area contributed by atoms with Crippen molar-refractivity contribution in [3.63, 3.8) is 0 Å². The van der Waals surface area contributed by atoms with E-state index in [9.17, 15) is 4.79 Å². The van der Waals surface area contributed by atoms with Crippen LogP contribution in [0.4, 0.5) is 5.82 Å². The maximum Gasteiger partial charge on any atom is 0.285 e. The highest BCUT2D eigenvalue weighted by molar-refractivity contribution is 6.30. The number of benzene rings is 1. The van der Waals surface area contributed by atoms with Gasteiger partial charge in [-0.25, -0.2) is 15.8 Å². The molecule has 1 amide bonds. The van der Waals surface area contributed by atoms with Crippen LogP contribution in [-0.2, 0) is 6.42 Å². The highest BCUT2D eigenvalue weighted by Crippen LogP contribution is 2.10. The molecule has 4 N–H and O–H groups in total. The number of hydrogen-bond donors (Lipinski definition) is 3. The summed E-state index contributed by atoms with van der Waals surface area (Å²) in [5.74, 6) is 5.14. The van der Waals surface area contributed by atoms with Gasteiger partial charge in [-0.15, -0.1) is 0 Å². The van der Waals surface area contributed by atoms with Gasteiger partial charge in [-0.1, -0.05) is 23.7 Å². The van der Waals surface area contributed by atoms with Crippen LogP contribution in [0.1, 0.15) is 16.1 Å². The first-order valence-corrected chi connectivity index (χ1v) is 6.38. The summed E-state index contributed by atoms with van der Waals surface area (Å²) < 4.78 is 0. The topological polar surface area (TPSA) is 92.9 Å². The van der Waals surface area contributed by atoms with E-state index < -0.39 is 5.91 Å². The average molecular weight is 292 g/mol. The van der Waals surface area contributed by atoms with Crippen LogP contribution in [0.3, 0.4) is 0 Å². The first-order chi connectivity index (χ1) is 9.69. The van der Waals surface area contributed by atoms with Gasteiger partial charge in [0, 0.05) is 11.6 Å². The number of nitrogens with two attached hydrogens (primary N) is 1. The lowest BCUT2D eigenvalue weighted by Crippen LogP contribution is -2.30. The Morgan fingerprint density at radius 3 is 2.55 bits per heavy atom. The minimum Gasteiger partial charge on any atom is -0.368 e. The third-order valence-electron chi connectivity index (χ3n) is 2.65. The Labute approximate surface area is 121 Å². The molecule has 2 aromatic rings. The molecular formula is C13H14ClN5O. The molecule has 1 aromatic carbocycles. The zero-order valence-corrected chi connectivity index (χ0v) is 11.4. The van der Waals surface area contributed by atoms with Crippen LogP contribution in [0.25, 0.3) is 0 Å². The van der Waals surface area contributed by atoms with Crippen LogP contribution in [0.5, 0.6) is 0 Å². The quantitative estimate of drug-likeness (QED) is 0.440.